The maximum absolute atomic E-state index is 12.6. The van der Waals surface area contributed by atoms with Gasteiger partial charge in [0.25, 0.3) is 0 Å². The fraction of sp³-hybridized carbons (Fsp3) is 0.667. The van der Waals surface area contributed by atoms with Crippen LogP contribution in [0.1, 0.15) is 58.1 Å². The summed E-state index contributed by atoms with van der Waals surface area (Å²) in [5.74, 6) is 0.0326. The van der Waals surface area contributed by atoms with E-state index in [0.717, 1.165) is 39.1 Å². The van der Waals surface area contributed by atoms with E-state index in [0.29, 0.717) is 25.9 Å². The number of hydrogen-bond donors (Lipinski definition) is 1. The van der Waals surface area contributed by atoms with Crippen molar-refractivity contribution in [1.29, 1.82) is 0 Å². The minimum Gasteiger partial charge on any atom is -0.444 e. The molecule has 2 aliphatic heterocycles. The number of carbonyl (C=O) groups excluding carboxylic acids is 2. The number of nitrogens with zero attached hydrogens (tertiary/aromatic N) is 2. The topological polar surface area (TPSA) is 71.1 Å². The van der Waals surface area contributed by atoms with Gasteiger partial charge in [-0.15, -0.1) is 0 Å². The fourth-order valence-corrected chi connectivity index (χ4v) is 4.32. The molecule has 0 aromatic heterocycles. The smallest absolute Gasteiger partial charge is 0.410 e. The number of nitrogens with one attached hydrogen (secondary N) is 1. The Labute approximate surface area is 186 Å². The van der Waals surface area contributed by atoms with E-state index in [4.69, 9.17) is 9.47 Å². The number of benzene rings is 1. The molecule has 7 nitrogen and oxygen atoms in total. The summed E-state index contributed by atoms with van der Waals surface area (Å²) in [5.41, 5.74) is 0.699. The van der Waals surface area contributed by atoms with Crippen LogP contribution in [0, 0.1) is 0 Å². The van der Waals surface area contributed by atoms with Crippen LogP contribution in [0.3, 0.4) is 0 Å². The van der Waals surface area contributed by atoms with E-state index in [9.17, 15) is 9.59 Å². The van der Waals surface area contributed by atoms with Crippen LogP contribution in [0.25, 0.3) is 0 Å². The number of amides is 2. The summed E-state index contributed by atoms with van der Waals surface area (Å²) < 4.78 is 11.0. The largest absolute Gasteiger partial charge is 0.444 e. The number of rotatable bonds is 7. The molecule has 1 aromatic carbocycles. The third-order valence-electron chi connectivity index (χ3n) is 5.87. The fourth-order valence-electron chi connectivity index (χ4n) is 4.32. The molecule has 2 heterocycles. The monoisotopic (exact) mass is 431 g/mol. The highest BCUT2D eigenvalue weighted by molar-refractivity contribution is 5.76. The Morgan fingerprint density at radius 2 is 1.87 bits per heavy atom. The van der Waals surface area contributed by atoms with Gasteiger partial charge in [-0.1, -0.05) is 30.3 Å². The van der Waals surface area contributed by atoms with E-state index in [1.54, 1.807) is 4.90 Å². The molecule has 2 aliphatic rings. The average molecular weight is 432 g/mol. The van der Waals surface area contributed by atoms with E-state index in [1.807, 2.05) is 39.0 Å². The molecule has 2 fully saturated rings. The number of ether oxygens (including phenoxy) is 2. The summed E-state index contributed by atoms with van der Waals surface area (Å²) in [6.07, 6.45) is 2.69. The number of likely N-dealkylation sites (tertiary alicyclic amines) is 1. The minimum atomic E-state index is -0.506. The number of morpholine rings is 1. The average Bonchev–Trinajstić information content (AvgIpc) is 3.22. The first-order chi connectivity index (χ1) is 14.8. The van der Waals surface area contributed by atoms with Crippen molar-refractivity contribution in [2.24, 2.45) is 0 Å². The molecule has 1 aromatic rings. The quantitative estimate of drug-likeness (QED) is 0.717. The molecule has 0 spiro atoms. The molecule has 2 amide bonds. The van der Waals surface area contributed by atoms with Crippen molar-refractivity contribution in [1.82, 2.24) is 15.1 Å². The predicted molar refractivity (Wildman–Crippen MR) is 120 cm³/mol. The van der Waals surface area contributed by atoms with Gasteiger partial charge in [0.15, 0.2) is 0 Å². The van der Waals surface area contributed by atoms with Crippen LogP contribution in [0.2, 0.25) is 0 Å². The molecule has 7 heteroatoms. The summed E-state index contributed by atoms with van der Waals surface area (Å²) in [7, 11) is 0. The molecule has 0 saturated carbocycles. The van der Waals surface area contributed by atoms with E-state index in [1.165, 1.54) is 5.56 Å². The normalized spacial score (nSPS) is 21.0. The molecule has 2 atom stereocenters. The summed E-state index contributed by atoms with van der Waals surface area (Å²) in [5, 5.41) is 3.13. The van der Waals surface area contributed by atoms with Crippen LogP contribution in [0.5, 0.6) is 0 Å². The summed E-state index contributed by atoms with van der Waals surface area (Å²) >= 11 is 0. The van der Waals surface area contributed by atoms with Gasteiger partial charge < -0.3 is 19.7 Å². The Morgan fingerprint density at radius 3 is 2.55 bits per heavy atom. The standard InChI is InChI=1S/C24H37N3O4/c1-24(2,3)31-23(29)27-13-7-10-20(27)11-12-22(28)25-18-21(19-8-5-4-6-9-19)26-14-16-30-17-15-26/h4-6,8-9,20-21H,7,10-18H2,1-3H3,(H,25,28)/t20-,21?/m0/s1. The maximum atomic E-state index is 12.6. The first kappa shape index (κ1) is 23.5. The Morgan fingerprint density at radius 1 is 1.16 bits per heavy atom. The SMILES string of the molecule is CC(C)(C)OC(=O)N1CCC[C@H]1CCC(=O)NCC(c1ccccc1)N1CCOCC1. The zero-order valence-electron chi connectivity index (χ0n) is 19.1. The lowest BCUT2D eigenvalue weighted by Gasteiger charge is -2.35. The molecule has 1 N–H and O–H groups in total. The van der Waals surface area contributed by atoms with Crippen LogP contribution >= 0.6 is 0 Å². The second-order valence-electron chi connectivity index (χ2n) is 9.39. The van der Waals surface area contributed by atoms with Crippen molar-refractivity contribution in [2.75, 3.05) is 39.4 Å². The Hall–Kier alpha value is -2.12. The molecular formula is C24H37N3O4. The van der Waals surface area contributed by atoms with E-state index in [-0.39, 0.29) is 24.1 Å². The van der Waals surface area contributed by atoms with E-state index < -0.39 is 5.60 Å². The highest BCUT2D eigenvalue weighted by Gasteiger charge is 2.32. The summed E-state index contributed by atoms with van der Waals surface area (Å²) in [6, 6.07) is 10.5. The van der Waals surface area contributed by atoms with Crippen LogP contribution in [-0.2, 0) is 14.3 Å². The van der Waals surface area contributed by atoms with Gasteiger partial charge in [-0.05, 0) is 45.6 Å². The Bertz CT molecular complexity index is 713. The van der Waals surface area contributed by atoms with Gasteiger partial charge in [-0.2, -0.15) is 0 Å². The van der Waals surface area contributed by atoms with Gasteiger partial charge in [0.05, 0.1) is 19.3 Å². The lowest BCUT2D eigenvalue weighted by molar-refractivity contribution is -0.121. The van der Waals surface area contributed by atoms with Gasteiger partial charge in [0, 0.05) is 38.6 Å². The van der Waals surface area contributed by atoms with Crippen molar-refractivity contribution < 1.29 is 19.1 Å². The third-order valence-corrected chi connectivity index (χ3v) is 5.87. The molecular weight excluding hydrogens is 394 g/mol. The second-order valence-corrected chi connectivity index (χ2v) is 9.39. The molecule has 172 valence electrons. The molecule has 3 rings (SSSR count). The third kappa shape index (κ3) is 7.21. The summed E-state index contributed by atoms with van der Waals surface area (Å²) in [4.78, 5) is 29.3. The van der Waals surface area contributed by atoms with Crippen LogP contribution in [0.15, 0.2) is 30.3 Å². The van der Waals surface area contributed by atoms with Crippen molar-refractivity contribution in [3.63, 3.8) is 0 Å². The van der Waals surface area contributed by atoms with Gasteiger partial charge in [-0.25, -0.2) is 4.79 Å². The first-order valence-corrected chi connectivity index (χ1v) is 11.5. The van der Waals surface area contributed by atoms with Crippen molar-refractivity contribution in [3.8, 4) is 0 Å². The molecule has 0 radical (unpaired) electrons. The van der Waals surface area contributed by atoms with E-state index >= 15 is 0 Å². The first-order valence-electron chi connectivity index (χ1n) is 11.5. The lowest BCUT2D eigenvalue weighted by atomic mass is 10.0. The highest BCUT2D eigenvalue weighted by atomic mass is 16.6. The number of hydrogen-bond acceptors (Lipinski definition) is 5. The predicted octanol–water partition coefficient (Wildman–Crippen LogP) is 3.36. The lowest BCUT2D eigenvalue weighted by Crippen LogP contribution is -2.44. The van der Waals surface area contributed by atoms with Crippen molar-refractivity contribution in [3.05, 3.63) is 35.9 Å². The van der Waals surface area contributed by atoms with Gasteiger partial charge in [0.1, 0.15) is 5.60 Å². The van der Waals surface area contributed by atoms with E-state index in [2.05, 4.69) is 22.3 Å². The van der Waals surface area contributed by atoms with Crippen LogP contribution in [0.4, 0.5) is 4.79 Å². The maximum Gasteiger partial charge on any atom is 0.410 e. The van der Waals surface area contributed by atoms with Gasteiger partial charge in [0.2, 0.25) is 5.91 Å². The van der Waals surface area contributed by atoms with Crippen LogP contribution < -0.4 is 5.32 Å². The molecule has 2 saturated heterocycles. The Balaban J connectivity index is 1.50. The molecule has 1 unspecified atom stereocenters. The zero-order valence-corrected chi connectivity index (χ0v) is 19.1. The van der Waals surface area contributed by atoms with Crippen molar-refractivity contribution in [2.45, 2.75) is 64.1 Å². The number of carbonyl (C=O) groups is 2. The molecule has 31 heavy (non-hydrogen) atoms. The highest BCUT2D eigenvalue weighted by Crippen LogP contribution is 2.24. The van der Waals surface area contributed by atoms with Gasteiger partial charge in [-0.3, -0.25) is 9.69 Å². The van der Waals surface area contributed by atoms with Crippen molar-refractivity contribution >= 4 is 12.0 Å². The van der Waals surface area contributed by atoms with Crippen LogP contribution in [-0.4, -0.2) is 72.8 Å². The molecule has 0 aliphatic carbocycles. The van der Waals surface area contributed by atoms with Gasteiger partial charge >= 0.3 is 6.09 Å². The summed E-state index contributed by atoms with van der Waals surface area (Å²) in [6.45, 7) is 10.1. The molecule has 0 bridgehead atoms. The Kier molecular flexibility index (Phi) is 8.32. The second kappa shape index (κ2) is 11.0. The zero-order chi connectivity index (χ0) is 22.3. The minimum absolute atomic E-state index is 0.0326.